The molecule has 0 aliphatic rings. The van der Waals surface area contributed by atoms with E-state index in [1.165, 1.54) is 30.5 Å². The lowest BCUT2D eigenvalue weighted by Gasteiger charge is -2.29. The number of rotatable bonds is 7. The summed E-state index contributed by atoms with van der Waals surface area (Å²) >= 11 is 0. The van der Waals surface area contributed by atoms with Gasteiger partial charge in [-0.3, -0.25) is 9.78 Å². The molecular weight excluding hydrogens is 390 g/mol. The highest BCUT2D eigenvalue weighted by molar-refractivity contribution is 5.95. The van der Waals surface area contributed by atoms with Crippen molar-refractivity contribution < 1.29 is 27.5 Å². The van der Waals surface area contributed by atoms with Gasteiger partial charge in [-0.2, -0.15) is 13.2 Å². The number of nitrogens with two attached hydrogens (primary N) is 1. The van der Waals surface area contributed by atoms with Crippen LogP contribution in [-0.4, -0.2) is 39.9 Å². The molecule has 0 aliphatic carbocycles. The standard InChI is InChI=1S/C20H23F4N3O2/c1-19(2,20(22,23)24)27-18(29)13-7-5-9-26-16(13)11-17(28)15(25)10-12-6-3-4-8-14(12)21/h3-9,15,17,28H,10-11,25H2,1-2H3,(H,27,29)/t15-,17+/m1/s1. The maximum Gasteiger partial charge on any atom is 0.410 e. The first kappa shape index (κ1) is 22.8. The van der Waals surface area contributed by atoms with Crippen LogP contribution in [0.3, 0.4) is 0 Å². The molecule has 0 saturated carbocycles. The van der Waals surface area contributed by atoms with Gasteiger partial charge in [0.05, 0.1) is 17.4 Å². The second-order valence-corrected chi connectivity index (χ2v) is 7.31. The number of pyridine rings is 1. The van der Waals surface area contributed by atoms with Crippen LogP contribution >= 0.6 is 0 Å². The summed E-state index contributed by atoms with van der Waals surface area (Å²) in [6, 6.07) is 7.85. The van der Waals surface area contributed by atoms with Crippen LogP contribution in [0.25, 0.3) is 0 Å². The van der Waals surface area contributed by atoms with Crippen LogP contribution in [0.4, 0.5) is 17.6 Å². The molecule has 0 saturated heterocycles. The summed E-state index contributed by atoms with van der Waals surface area (Å²) in [6.45, 7) is 1.69. The van der Waals surface area contributed by atoms with Crippen LogP contribution < -0.4 is 11.1 Å². The van der Waals surface area contributed by atoms with E-state index < -0.39 is 35.6 Å². The van der Waals surface area contributed by atoms with Gasteiger partial charge in [-0.15, -0.1) is 0 Å². The van der Waals surface area contributed by atoms with Gasteiger partial charge in [0, 0.05) is 18.7 Å². The molecule has 1 heterocycles. The largest absolute Gasteiger partial charge is 0.410 e. The van der Waals surface area contributed by atoms with E-state index in [0.29, 0.717) is 5.56 Å². The third-order valence-electron chi connectivity index (χ3n) is 4.58. The van der Waals surface area contributed by atoms with E-state index >= 15 is 0 Å². The summed E-state index contributed by atoms with van der Waals surface area (Å²) in [7, 11) is 0. The fourth-order valence-corrected chi connectivity index (χ4v) is 2.63. The number of hydrogen-bond donors (Lipinski definition) is 3. The number of benzene rings is 1. The second kappa shape index (κ2) is 8.87. The molecule has 5 nitrogen and oxygen atoms in total. The van der Waals surface area contributed by atoms with Crippen molar-refractivity contribution >= 4 is 5.91 Å². The molecule has 2 atom stereocenters. The lowest BCUT2D eigenvalue weighted by atomic mass is 9.96. The minimum atomic E-state index is -4.65. The number of carbonyl (C=O) groups excluding carboxylic acids is 1. The van der Waals surface area contributed by atoms with Crippen LogP contribution in [0.15, 0.2) is 42.6 Å². The van der Waals surface area contributed by atoms with Crippen molar-refractivity contribution in [2.75, 3.05) is 0 Å². The molecule has 9 heteroatoms. The van der Waals surface area contributed by atoms with Gasteiger partial charge < -0.3 is 16.2 Å². The van der Waals surface area contributed by atoms with Crippen molar-refractivity contribution in [3.8, 4) is 0 Å². The monoisotopic (exact) mass is 413 g/mol. The van der Waals surface area contributed by atoms with E-state index in [1.807, 2.05) is 5.32 Å². The van der Waals surface area contributed by atoms with Gasteiger partial charge in [0.15, 0.2) is 0 Å². The number of halogens is 4. The average molecular weight is 413 g/mol. The summed E-state index contributed by atoms with van der Waals surface area (Å²) in [6.07, 6.45) is -4.61. The van der Waals surface area contributed by atoms with E-state index in [1.54, 1.807) is 12.1 Å². The van der Waals surface area contributed by atoms with Crippen molar-refractivity contribution in [2.45, 2.75) is 50.6 Å². The SMILES string of the molecule is CC(C)(NC(=O)c1cccnc1C[C@H](O)[C@H](N)Cc1ccccc1F)C(F)(F)F. The molecule has 29 heavy (non-hydrogen) atoms. The first-order valence-corrected chi connectivity index (χ1v) is 8.92. The van der Waals surface area contributed by atoms with Crippen molar-refractivity contribution in [3.63, 3.8) is 0 Å². The van der Waals surface area contributed by atoms with Gasteiger partial charge in [-0.05, 0) is 44.0 Å². The highest BCUT2D eigenvalue weighted by atomic mass is 19.4. The number of amides is 1. The molecule has 0 radical (unpaired) electrons. The van der Waals surface area contributed by atoms with Crippen LogP contribution in [0, 0.1) is 5.82 Å². The topological polar surface area (TPSA) is 88.2 Å². The van der Waals surface area contributed by atoms with E-state index in [0.717, 1.165) is 13.8 Å². The molecule has 2 rings (SSSR count). The fraction of sp³-hybridized carbons (Fsp3) is 0.400. The molecule has 0 bridgehead atoms. The van der Waals surface area contributed by atoms with Gasteiger partial charge in [-0.25, -0.2) is 4.39 Å². The Morgan fingerprint density at radius 1 is 1.17 bits per heavy atom. The third kappa shape index (κ3) is 5.74. The summed E-state index contributed by atoms with van der Waals surface area (Å²) in [5, 5.41) is 12.3. The molecule has 0 spiro atoms. The second-order valence-electron chi connectivity index (χ2n) is 7.31. The summed E-state index contributed by atoms with van der Waals surface area (Å²) in [4.78, 5) is 16.4. The number of alkyl halides is 3. The Labute approximate surface area is 166 Å². The van der Waals surface area contributed by atoms with E-state index in [2.05, 4.69) is 4.98 Å². The van der Waals surface area contributed by atoms with Crippen LogP contribution in [-0.2, 0) is 12.8 Å². The predicted octanol–water partition coefficient (Wildman–Crippen LogP) is 2.76. The lowest BCUT2D eigenvalue weighted by molar-refractivity contribution is -0.182. The highest BCUT2D eigenvalue weighted by Gasteiger charge is 2.48. The van der Waals surface area contributed by atoms with Gasteiger partial charge >= 0.3 is 6.18 Å². The zero-order chi connectivity index (χ0) is 21.8. The molecule has 1 amide bonds. The molecule has 0 unspecified atom stereocenters. The predicted molar refractivity (Wildman–Crippen MR) is 99.6 cm³/mol. The Morgan fingerprint density at radius 2 is 1.83 bits per heavy atom. The van der Waals surface area contributed by atoms with Gasteiger partial charge in [0.2, 0.25) is 0 Å². The normalized spacial score (nSPS) is 14.3. The van der Waals surface area contributed by atoms with Crippen LogP contribution in [0.1, 0.15) is 35.5 Å². The summed E-state index contributed by atoms with van der Waals surface area (Å²) in [5.41, 5.74) is 3.84. The average Bonchev–Trinajstić information content (AvgIpc) is 2.62. The number of aliphatic hydroxyl groups excluding tert-OH is 1. The highest BCUT2D eigenvalue weighted by Crippen LogP contribution is 2.30. The first-order valence-electron chi connectivity index (χ1n) is 8.92. The summed E-state index contributed by atoms with van der Waals surface area (Å²) < 4.78 is 52.9. The maximum absolute atomic E-state index is 13.8. The van der Waals surface area contributed by atoms with Crippen LogP contribution in [0.5, 0.6) is 0 Å². The Hall–Kier alpha value is -2.52. The Morgan fingerprint density at radius 3 is 2.45 bits per heavy atom. The molecule has 0 aliphatic heterocycles. The zero-order valence-corrected chi connectivity index (χ0v) is 16.0. The van der Waals surface area contributed by atoms with Gasteiger partial charge in [0.1, 0.15) is 11.4 Å². The number of carbonyl (C=O) groups is 1. The molecular formula is C20H23F4N3O2. The lowest BCUT2D eigenvalue weighted by Crippen LogP contribution is -2.54. The summed E-state index contributed by atoms with van der Waals surface area (Å²) in [5.74, 6) is -1.42. The number of nitrogens with one attached hydrogen (secondary N) is 1. The third-order valence-corrected chi connectivity index (χ3v) is 4.58. The Kier molecular flexibility index (Phi) is 6.97. The number of aromatic nitrogens is 1. The van der Waals surface area contributed by atoms with E-state index in [-0.39, 0.29) is 24.1 Å². The minimum Gasteiger partial charge on any atom is -0.391 e. The molecule has 4 N–H and O–H groups in total. The molecule has 2 aromatic rings. The maximum atomic E-state index is 13.8. The van der Waals surface area contributed by atoms with Gasteiger partial charge in [0.25, 0.3) is 5.91 Å². The zero-order valence-electron chi connectivity index (χ0n) is 16.0. The Balaban J connectivity index is 2.14. The number of nitrogens with zero attached hydrogens (tertiary/aromatic N) is 1. The van der Waals surface area contributed by atoms with E-state index in [9.17, 15) is 27.5 Å². The van der Waals surface area contributed by atoms with E-state index in [4.69, 9.17) is 5.73 Å². The quantitative estimate of drug-likeness (QED) is 0.609. The number of hydrogen-bond acceptors (Lipinski definition) is 4. The molecule has 1 aromatic carbocycles. The smallest absolute Gasteiger partial charge is 0.391 e. The molecule has 0 fully saturated rings. The van der Waals surface area contributed by atoms with Crippen molar-refractivity contribution in [1.82, 2.24) is 10.3 Å². The van der Waals surface area contributed by atoms with Crippen molar-refractivity contribution in [2.24, 2.45) is 5.73 Å². The first-order chi connectivity index (χ1) is 13.4. The molecule has 158 valence electrons. The Bertz CT molecular complexity index is 856. The van der Waals surface area contributed by atoms with Gasteiger partial charge in [-0.1, -0.05) is 18.2 Å². The molecule has 1 aromatic heterocycles. The fourth-order valence-electron chi connectivity index (χ4n) is 2.63. The van der Waals surface area contributed by atoms with Crippen molar-refractivity contribution in [1.29, 1.82) is 0 Å². The minimum absolute atomic E-state index is 0.0449. The number of aliphatic hydroxyl groups is 1. The van der Waals surface area contributed by atoms with Crippen molar-refractivity contribution in [3.05, 3.63) is 65.2 Å². The van der Waals surface area contributed by atoms with Crippen LogP contribution in [0.2, 0.25) is 0 Å².